The quantitative estimate of drug-likeness (QED) is 0.635. The number of rotatable bonds is 4. The highest BCUT2D eigenvalue weighted by atomic mass is 35.5. The van der Waals surface area contributed by atoms with E-state index in [4.69, 9.17) is 23.2 Å². The Morgan fingerprint density at radius 2 is 1.88 bits per heavy atom. The fourth-order valence-electron chi connectivity index (χ4n) is 2.02. The Kier molecular flexibility index (Phi) is 5.35. The summed E-state index contributed by atoms with van der Waals surface area (Å²) in [4.78, 5) is 16.5. The number of thiazole rings is 1. The predicted molar refractivity (Wildman–Crippen MR) is 99.9 cm³/mol. The number of hydrogen-bond acceptors (Lipinski definition) is 3. The second kappa shape index (κ2) is 7.66. The molecule has 0 saturated heterocycles. The van der Waals surface area contributed by atoms with Crippen molar-refractivity contribution >= 4 is 46.3 Å². The van der Waals surface area contributed by atoms with Gasteiger partial charge in [-0.3, -0.25) is 0 Å². The first-order valence-corrected chi connectivity index (χ1v) is 8.75. The SMILES string of the molecule is O=C(NCc1csc(-c2ccccc2)n1)Nc1ccc(Cl)c(Cl)c1. The van der Waals surface area contributed by atoms with Crippen LogP contribution in [0.5, 0.6) is 0 Å². The Morgan fingerprint density at radius 3 is 2.62 bits per heavy atom. The molecule has 24 heavy (non-hydrogen) atoms. The molecule has 1 heterocycles. The lowest BCUT2D eigenvalue weighted by molar-refractivity contribution is 0.251. The fourth-order valence-corrected chi connectivity index (χ4v) is 3.15. The number of benzene rings is 2. The molecule has 2 N–H and O–H groups in total. The molecule has 0 spiro atoms. The van der Waals surface area contributed by atoms with Gasteiger partial charge >= 0.3 is 6.03 Å². The minimum Gasteiger partial charge on any atom is -0.332 e. The molecule has 7 heteroatoms. The largest absolute Gasteiger partial charge is 0.332 e. The zero-order valence-corrected chi connectivity index (χ0v) is 14.8. The zero-order chi connectivity index (χ0) is 16.9. The van der Waals surface area contributed by atoms with Crippen LogP contribution >= 0.6 is 34.5 Å². The van der Waals surface area contributed by atoms with Gasteiger partial charge in [-0.25, -0.2) is 9.78 Å². The van der Waals surface area contributed by atoms with E-state index in [0.29, 0.717) is 22.3 Å². The lowest BCUT2D eigenvalue weighted by Crippen LogP contribution is -2.28. The van der Waals surface area contributed by atoms with E-state index in [2.05, 4.69) is 15.6 Å². The van der Waals surface area contributed by atoms with Gasteiger partial charge < -0.3 is 10.6 Å². The first-order valence-electron chi connectivity index (χ1n) is 7.11. The van der Waals surface area contributed by atoms with Gasteiger partial charge in [0, 0.05) is 16.6 Å². The number of nitrogens with one attached hydrogen (secondary N) is 2. The van der Waals surface area contributed by atoms with Crippen molar-refractivity contribution in [1.82, 2.24) is 10.3 Å². The van der Waals surface area contributed by atoms with Gasteiger partial charge in [0.1, 0.15) is 5.01 Å². The summed E-state index contributed by atoms with van der Waals surface area (Å²) in [7, 11) is 0. The van der Waals surface area contributed by atoms with Crippen LogP contribution < -0.4 is 10.6 Å². The Balaban J connectivity index is 1.56. The van der Waals surface area contributed by atoms with Gasteiger partial charge in [0.25, 0.3) is 0 Å². The van der Waals surface area contributed by atoms with Crippen molar-refractivity contribution in [3.05, 3.63) is 69.7 Å². The van der Waals surface area contributed by atoms with Gasteiger partial charge in [-0.15, -0.1) is 11.3 Å². The van der Waals surface area contributed by atoms with E-state index in [1.165, 1.54) is 0 Å². The predicted octanol–water partition coefficient (Wildman–Crippen LogP) is 5.44. The Labute approximate surface area is 153 Å². The molecule has 1 aromatic heterocycles. The Hall–Kier alpha value is -2.08. The fraction of sp³-hybridized carbons (Fsp3) is 0.0588. The standard InChI is InChI=1S/C17H13Cl2N3OS/c18-14-7-6-12(8-15(14)19)22-17(23)20-9-13-10-24-16(21-13)11-4-2-1-3-5-11/h1-8,10H,9H2,(H2,20,22,23). The van der Waals surface area contributed by atoms with Gasteiger partial charge in [0.05, 0.1) is 22.3 Å². The maximum atomic E-state index is 11.9. The summed E-state index contributed by atoms with van der Waals surface area (Å²) in [5.41, 5.74) is 2.45. The normalized spacial score (nSPS) is 10.4. The van der Waals surface area contributed by atoms with Crippen LogP contribution in [0.1, 0.15) is 5.69 Å². The third-order valence-corrected chi connectivity index (χ3v) is 4.86. The van der Waals surface area contributed by atoms with Crippen molar-refractivity contribution in [2.24, 2.45) is 0 Å². The lowest BCUT2D eigenvalue weighted by Gasteiger charge is -2.07. The summed E-state index contributed by atoms with van der Waals surface area (Å²) < 4.78 is 0. The summed E-state index contributed by atoms with van der Waals surface area (Å²) in [6.07, 6.45) is 0. The van der Waals surface area contributed by atoms with Crippen molar-refractivity contribution in [1.29, 1.82) is 0 Å². The molecule has 0 saturated carbocycles. The van der Waals surface area contributed by atoms with Crippen LogP contribution in [-0.2, 0) is 6.54 Å². The molecule has 3 rings (SSSR count). The molecule has 0 radical (unpaired) electrons. The average molecular weight is 378 g/mol. The molecular formula is C17H13Cl2N3OS. The van der Waals surface area contributed by atoms with Crippen LogP contribution in [0, 0.1) is 0 Å². The second-order valence-electron chi connectivity index (χ2n) is 4.95. The molecule has 4 nitrogen and oxygen atoms in total. The number of halogens is 2. The van der Waals surface area contributed by atoms with Crippen molar-refractivity contribution in [2.75, 3.05) is 5.32 Å². The number of carbonyl (C=O) groups is 1. The van der Waals surface area contributed by atoms with Crippen molar-refractivity contribution < 1.29 is 4.79 Å². The molecule has 0 unspecified atom stereocenters. The Bertz CT molecular complexity index is 852. The van der Waals surface area contributed by atoms with E-state index in [-0.39, 0.29) is 6.03 Å². The summed E-state index contributed by atoms with van der Waals surface area (Å²) in [5, 5.41) is 9.16. The van der Waals surface area contributed by atoms with Crippen molar-refractivity contribution in [3.63, 3.8) is 0 Å². The van der Waals surface area contributed by atoms with E-state index in [0.717, 1.165) is 16.3 Å². The van der Waals surface area contributed by atoms with Gasteiger partial charge in [-0.05, 0) is 18.2 Å². The van der Waals surface area contributed by atoms with E-state index < -0.39 is 0 Å². The molecular weight excluding hydrogens is 365 g/mol. The first-order chi connectivity index (χ1) is 11.6. The van der Waals surface area contributed by atoms with Crippen LogP contribution in [0.2, 0.25) is 10.0 Å². The van der Waals surface area contributed by atoms with E-state index in [1.54, 1.807) is 29.5 Å². The highest BCUT2D eigenvalue weighted by molar-refractivity contribution is 7.13. The van der Waals surface area contributed by atoms with Crippen LogP contribution in [0.3, 0.4) is 0 Å². The highest BCUT2D eigenvalue weighted by Crippen LogP contribution is 2.25. The number of amides is 2. The smallest absolute Gasteiger partial charge is 0.319 e. The summed E-state index contributed by atoms with van der Waals surface area (Å²) in [6.45, 7) is 0.344. The molecule has 0 bridgehead atoms. The number of urea groups is 1. The minimum absolute atomic E-state index is 0.331. The van der Waals surface area contributed by atoms with Gasteiger partial charge in [0.15, 0.2) is 0 Å². The summed E-state index contributed by atoms with van der Waals surface area (Å²) >= 11 is 13.3. The maximum absolute atomic E-state index is 11.9. The molecule has 2 aromatic carbocycles. The first kappa shape index (κ1) is 16.8. The Morgan fingerprint density at radius 1 is 1.08 bits per heavy atom. The molecule has 0 aliphatic rings. The number of anilines is 1. The third kappa shape index (κ3) is 4.26. The topological polar surface area (TPSA) is 54.0 Å². The minimum atomic E-state index is -0.331. The van der Waals surface area contributed by atoms with Crippen molar-refractivity contribution in [2.45, 2.75) is 6.54 Å². The molecule has 2 amide bonds. The van der Waals surface area contributed by atoms with Crippen LogP contribution in [0.25, 0.3) is 10.6 Å². The number of nitrogens with zero attached hydrogens (tertiary/aromatic N) is 1. The number of hydrogen-bond donors (Lipinski definition) is 2. The maximum Gasteiger partial charge on any atom is 0.319 e. The molecule has 3 aromatic rings. The van der Waals surface area contributed by atoms with Gasteiger partial charge in [-0.2, -0.15) is 0 Å². The van der Waals surface area contributed by atoms with Crippen molar-refractivity contribution in [3.8, 4) is 10.6 Å². The average Bonchev–Trinajstić information content (AvgIpc) is 3.06. The molecule has 122 valence electrons. The summed E-state index contributed by atoms with van der Waals surface area (Å²) in [6, 6.07) is 14.5. The number of aromatic nitrogens is 1. The molecule has 0 aliphatic heterocycles. The molecule has 0 fully saturated rings. The number of carbonyl (C=O) groups excluding carboxylic acids is 1. The third-order valence-electron chi connectivity index (χ3n) is 3.18. The van der Waals surface area contributed by atoms with Gasteiger partial charge in [-0.1, -0.05) is 53.5 Å². The zero-order valence-electron chi connectivity index (χ0n) is 12.4. The molecule has 0 atom stereocenters. The molecule has 0 aliphatic carbocycles. The van der Waals surface area contributed by atoms with E-state index >= 15 is 0 Å². The summed E-state index contributed by atoms with van der Waals surface area (Å²) in [5.74, 6) is 0. The van der Waals surface area contributed by atoms with Crippen LogP contribution in [0.4, 0.5) is 10.5 Å². The van der Waals surface area contributed by atoms with E-state index in [1.807, 2.05) is 35.7 Å². The van der Waals surface area contributed by atoms with Crippen LogP contribution in [0.15, 0.2) is 53.9 Å². The second-order valence-corrected chi connectivity index (χ2v) is 6.62. The van der Waals surface area contributed by atoms with Crippen LogP contribution in [-0.4, -0.2) is 11.0 Å². The highest BCUT2D eigenvalue weighted by Gasteiger charge is 2.07. The lowest BCUT2D eigenvalue weighted by atomic mass is 10.2. The van der Waals surface area contributed by atoms with Gasteiger partial charge in [0.2, 0.25) is 0 Å². The van der Waals surface area contributed by atoms with E-state index in [9.17, 15) is 4.79 Å². The monoisotopic (exact) mass is 377 g/mol.